The highest BCUT2D eigenvalue weighted by Crippen LogP contribution is 2.22. The number of pyridine rings is 1. The van der Waals surface area contributed by atoms with Gasteiger partial charge in [0.15, 0.2) is 0 Å². The summed E-state index contributed by atoms with van der Waals surface area (Å²) in [6.07, 6.45) is 3.54. The summed E-state index contributed by atoms with van der Waals surface area (Å²) >= 11 is 0. The van der Waals surface area contributed by atoms with Crippen molar-refractivity contribution in [2.24, 2.45) is 0 Å². The van der Waals surface area contributed by atoms with Crippen LogP contribution in [0.3, 0.4) is 0 Å². The second-order valence-electron chi connectivity index (χ2n) is 6.88. The number of hydrogen-bond acceptors (Lipinski definition) is 5. The molecule has 132 valence electrons. The standard InChI is InChI=1S/C17H25N3O4/c1-17(2,3)24-16(23)20-10-4-9-19(11-12-20)14(15(21)22)13-5-7-18-8-6-13/h5-8,14H,4,9-12H2,1-3H3,(H,21,22). The van der Waals surface area contributed by atoms with Crippen molar-refractivity contribution in [1.29, 1.82) is 0 Å². The van der Waals surface area contributed by atoms with Crippen molar-refractivity contribution in [2.45, 2.75) is 38.8 Å². The molecule has 0 aliphatic carbocycles. The molecular formula is C17H25N3O4. The largest absolute Gasteiger partial charge is 0.480 e. The normalized spacial score (nSPS) is 17.9. The van der Waals surface area contributed by atoms with Gasteiger partial charge in [-0.15, -0.1) is 0 Å². The van der Waals surface area contributed by atoms with Crippen molar-refractivity contribution in [3.05, 3.63) is 30.1 Å². The Morgan fingerprint density at radius 3 is 2.42 bits per heavy atom. The molecule has 2 rings (SSSR count). The van der Waals surface area contributed by atoms with Crippen molar-refractivity contribution in [2.75, 3.05) is 26.2 Å². The summed E-state index contributed by atoms with van der Waals surface area (Å²) in [6.45, 7) is 7.60. The van der Waals surface area contributed by atoms with E-state index >= 15 is 0 Å². The van der Waals surface area contributed by atoms with Gasteiger partial charge in [0.2, 0.25) is 0 Å². The van der Waals surface area contributed by atoms with Crippen LogP contribution in [0.5, 0.6) is 0 Å². The van der Waals surface area contributed by atoms with Crippen LogP contribution in [-0.4, -0.2) is 63.7 Å². The lowest BCUT2D eigenvalue weighted by molar-refractivity contribution is -0.143. The van der Waals surface area contributed by atoms with E-state index in [4.69, 9.17) is 4.74 Å². The topological polar surface area (TPSA) is 83.0 Å². The zero-order chi connectivity index (χ0) is 17.7. The van der Waals surface area contributed by atoms with Gasteiger partial charge in [0.05, 0.1) is 0 Å². The number of amides is 1. The maximum atomic E-state index is 12.2. The number of carboxylic acid groups (broad SMARTS) is 1. The first-order valence-corrected chi connectivity index (χ1v) is 8.12. The molecule has 7 heteroatoms. The second kappa shape index (κ2) is 7.61. The molecule has 1 fully saturated rings. The molecule has 1 atom stereocenters. The number of ether oxygens (including phenoxy) is 1. The molecule has 2 heterocycles. The van der Waals surface area contributed by atoms with Crippen LogP contribution in [0.15, 0.2) is 24.5 Å². The average molecular weight is 335 g/mol. The molecule has 1 aliphatic heterocycles. The minimum absolute atomic E-state index is 0.347. The maximum Gasteiger partial charge on any atom is 0.410 e. The number of carboxylic acids is 1. The fraction of sp³-hybridized carbons (Fsp3) is 0.588. The molecular weight excluding hydrogens is 310 g/mol. The van der Waals surface area contributed by atoms with Crippen molar-refractivity contribution in [3.63, 3.8) is 0 Å². The van der Waals surface area contributed by atoms with E-state index in [9.17, 15) is 14.7 Å². The quantitative estimate of drug-likeness (QED) is 0.911. The molecule has 0 aromatic carbocycles. The molecule has 0 saturated carbocycles. The number of hydrogen-bond donors (Lipinski definition) is 1. The van der Waals surface area contributed by atoms with Crippen LogP contribution in [0.4, 0.5) is 4.79 Å². The average Bonchev–Trinajstić information content (AvgIpc) is 2.72. The number of carbonyl (C=O) groups is 2. The van der Waals surface area contributed by atoms with Gasteiger partial charge in [-0.05, 0) is 44.9 Å². The number of rotatable bonds is 3. The van der Waals surface area contributed by atoms with Crippen LogP contribution >= 0.6 is 0 Å². The van der Waals surface area contributed by atoms with Gasteiger partial charge in [0.1, 0.15) is 11.6 Å². The van der Waals surface area contributed by atoms with Crippen LogP contribution in [0.25, 0.3) is 0 Å². The predicted octanol–water partition coefficient (Wildman–Crippen LogP) is 2.15. The minimum atomic E-state index is -0.896. The molecule has 7 nitrogen and oxygen atoms in total. The number of nitrogens with zero attached hydrogens (tertiary/aromatic N) is 3. The zero-order valence-electron chi connectivity index (χ0n) is 14.4. The van der Waals surface area contributed by atoms with Gasteiger partial charge in [-0.1, -0.05) is 0 Å². The molecule has 0 spiro atoms. The van der Waals surface area contributed by atoms with E-state index in [1.54, 1.807) is 29.4 Å². The van der Waals surface area contributed by atoms with Crippen LogP contribution in [0, 0.1) is 0 Å². The lowest BCUT2D eigenvalue weighted by Gasteiger charge is -2.28. The summed E-state index contributed by atoms with van der Waals surface area (Å²) in [4.78, 5) is 31.4. The predicted molar refractivity (Wildman–Crippen MR) is 88.6 cm³/mol. The lowest BCUT2D eigenvalue weighted by Crippen LogP contribution is -2.40. The summed E-state index contributed by atoms with van der Waals surface area (Å²) in [5.74, 6) is -0.896. The van der Waals surface area contributed by atoms with Crippen LogP contribution in [-0.2, 0) is 9.53 Å². The Balaban J connectivity index is 2.06. The summed E-state index contributed by atoms with van der Waals surface area (Å²) in [5.41, 5.74) is 0.159. The zero-order valence-corrected chi connectivity index (χ0v) is 14.4. The molecule has 1 aliphatic rings. The fourth-order valence-electron chi connectivity index (χ4n) is 2.76. The SMILES string of the molecule is CC(C)(C)OC(=O)N1CCCN(C(C(=O)O)c2ccncc2)CC1. The van der Waals surface area contributed by atoms with Crippen molar-refractivity contribution >= 4 is 12.1 Å². The van der Waals surface area contributed by atoms with E-state index in [0.717, 1.165) is 0 Å². The second-order valence-corrected chi connectivity index (χ2v) is 6.88. The van der Waals surface area contributed by atoms with E-state index in [0.29, 0.717) is 38.2 Å². The number of aliphatic carboxylic acids is 1. The Morgan fingerprint density at radius 1 is 1.17 bits per heavy atom. The van der Waals surface area contributed by atoms with Crippen LogP contribution in [0.2, 0.25) is 0 Å². The summed E-state index contributed by atoms with van der Waals surface area (Å²) in [7, 11) is 0. The number of aromatic nitrogens is 1. The summed E-state index contributed by atoms with van der Waals surface area (Å²) < 4.78 is 5.40. The molecule has 0 bridgehead atoms. The highest BCUT2D eigenvalue weighted by atomic mass is 16.6. The van der Waals surface area contributed by atoms with Crippen molar-refractivity contribution in [1.82, 2.24) is 14.8 Å². The van der Waals surface area contributed by atoms with Gasteiger partial charge in [-0.2, -0.15) is 0 Å². The molecule has 1 aromatic rings. The first-order valence-electron chi connectivity index (χ1n) is 8.12. The monoisotopic (exact) mass is 335 g/mol. The van der Waals surface area contributed by atoms with E-state index in [-0.39, 0.29) is 6.09 Å². The van der Waals surface area contributed by atoms with Crippen LogP contribution < -0.4 is 0 Å². The Morgan fingerprint density at radius 2 is 1.83 bits per heavy atom. The molecule has 1 saturated heterocycles. The Bertz CT molecular complexity index is 571. The van der Waals surface area contributed by atoms with Gasteiger partial charge in [0.25, 0.3) is 0 Å². The molecule has 1 unspecified atom stereocenters. The minimum Gasteiger partial charge on any atom is -0.480 e. The van der Waals surface area contributed by atoms with Crippen LogP contribution in [0.1, 0.15) is 38.8 Å². The van der Waals surface area contributed by atoms with Gasteiger partial charge in [-0.25, -0.2) is 4.79 Å². The summed E-state index contributed by atoms with van der Waals surface area (Å²) in [6, 6.07) is 2.71. The Hall–Kier alpha value is -2.15. The third-order valence-electron chi connectivity index (χ3n) is 3.80. The lowest BCUT2D eigenvalue weighted by atomic mass is 10.1. The van der Waals surface area contributed by atoms with Crippen molar-refractivity contribution < 1.29 is 19.4 Å². The highest BCUT2D eigenvalue weighted by molar-refractivity contribution is 5.75. The van der Waals surface area contributed by atoms with E-state index in [1.807, 2.05) is 25.7 Å². The maximum absolute atomic E-state index is 12.2. The van der Waals surface area contributed by atoms with Gasteiger partial charge in [0, 0.05) is 38.6 Å². The smallest absolute Gasteiger partial charge is 0.410 e. The van der Waals surface area contributed by atoms with Crippen molar-refractivity contribution in [3.8, 4) is 0 Å². The first-order chi connectivity index (χ1) is 11.3. The van der Waals surface area contributed by atoms with Gasteiger partial charge in [-0.3, -0.25) is 14.7 Å². The Labute approximate surface area is 142 Å². The molecule has 24 heavy (non-hydrogen) atoms. The van der Waals surface area contributed by atoms with E-state index in [1.165, 1.54) is 0 Å². The molecule has 0 radical (unpaired) electrons. The summed E-state index contributed by atoms with van der Waals surface area (Å²) in [5, 5.41) is 9.63. The molecule has 1 N–H and O–H groups in total. The molecule has 1 aromatic heterocycles. The van der Waals surface area contributed by atoms with E-state index < -0.39 is 17.6 Å². The highest BCUT2D eigenvalue weighted by Gasteiger charge is 2.31. The Kier molecular flexibility index (Phi) is 5.77. The third-order valence-corrected chi connectivity index (χ3v) is 3.80. The van der Waals surface area contributed by atoms with Gasteiger partial charge < -0.3 is 14.7 Å². The fourth-order valence-corrected chi connectivity index (χ4v) is 2.76. The first kappa shape index (κ1) is 18.2. The van der Waals surface area contributed by atoms with Gasteiger partial charge >= 0.3 is 12.1 Å². The number of carbonyl (C=O) groups excluding carboxylic acids is 1. The van der Waals surface area contributed by atoms with E-state index in [2.05, 4.69) is 4.98 Å². The molecule has 1 amide bonds. The third kappa shape index (κ3) is 4.92.